The van der Waals surface area contributed by atoms with Crippen LogP contribution in [0.2, 0.25) is 0 Å². The highest BCUT2D eigenvalue weighted by atomic mass is 16.5. The standard InChI is InChI=1S/C9H10N4O/c1-2-14-4-6(1)8-10-3-7-9(13-8)12-5-11-7/h3,5-6H,1-2,4H2,(H,10,11,12,13). The predicted octanol–water partition coefficient (Wildman–Crippen LogP) is 0.857. The molecule has 1 saturated heterocycles. The first-order valence-corrected chi connectivity index (χ1v) is 4.67. The summed E-state index contributed by atoms with van der Waals surface area (Å²) in [5.41, 5.74) is 1.62. The number of aromatic amines is 1. The topological polar surface area (TPSA) is 63.7 Å². The molecule has 0 aromatic carbocycles. The number of nitrogens with zero attached hydrogens (tertiary/aromatic N) is 3. The third-order valence-electron chi connectivity index (χ3n) is 2.49. The van der Waals surface area contributed by atoms with Gasteiger partial charge in [-0.25, -0.2) is 15.0 Å². The van der Waals surface area contributed by atoms with E-state index in [-0.39, 0.29) is 0 Å². The van der Waals surface area contributed by atoms with E-state index in [4.69, 9.17) is 4.74 Å². The zero-order valence-corrected chi connectivity index (χ0v) is 7.60. The van der Waals surface area contributed by atoms with Gasteiger partial charge in [0.25, 0.3) is 0 Å². The van der Waals surface area contributed by atoms with Gasteiger partial charge in [-0.1, -0.05) is 0 Å². The first-order valence-electron chi connectivity index (χ1n) is 4.67. The van der Waals surface area contributed by atoms with E-state index in [1.165, 1.54) is 0 Å². The molecule has 1 unspecified atom stereocenters. The second-order valence-corrected chi connectivity index (χ2v) is 3.43. The Balaban J connectivity index is 2.04. The maximum Gasteiger partial charge on any atom is 0.180 e. The van der Waals surface area contributed by atoms with Gasteiger partial charge in [0.05, 0.1) is 19.1 Å². The molecule has 5 heteroatoms. The van der Waals surface area contributed by atoms with Crippen molar-refractivity contribution in [1.82, 2.24) is 19.9 Å². The van der Waals surface area contributed by atoms with Crippen LogP contribution in [0.15, 0.2) is 12.5 Å². The molecule has 1 N–H and O–H groups in total. The molecule has 2 aromatic rings. The summed E-state index contributed by atoms with van der Waals surface area (Å²) < 4.78 is 5.30. The lowest BCUT2D eigenvalue weighted by atomic mass is 10.1. The second-order valence-electron chi connectivity index (χ2n) is 3.43. The average molecular weight is 190 g/mol. The Morgan fingerprint density at radius 3 is 3.29 bits per heavy atom. The summed E-state index contributed by atoms with van der Waals surface area (Å²) in [4.78, 5) is 15.8. The number of ether oxygens (including phenoxy) is 1. The monoisotopic (exact) mass is 190 g/mol. The van der Waals surface area contributed by atoms with Gasteiger partial charge in [0.1, 0.15) is 11.3 Å². The molecule has 5 nitrogen and oxygen atoms in total. The van der Waals surface area contributed by atoms with E-state index >= 15 is 0 Å². The maximum atomic E-state index is 5.30. The zero-order valence-electron chi connectivity index (χ0n) is 7.60. The molecule has 1 aliphatic heterocycles. The van der Waals surface area contributed by atoms with E-state index in [1.807, 2.05) is 0 Å². The van der Waals surface area contributed by atoms with Gasteiger partial charge in [0.15, 0.2) is 5.65 Å². The van der Waals surface area contributed by atoms with Gasteiger partial charge in [-0.3, -0.25) is 0 Å². The van der Waals surface area contributed by atoms with Crippen LogP contribution in [0.3, 0.4) is 0 Å². The van der Waals surface area contributed by atoms with E-state index in [0.29, 0.717) is 5.92 Å². The predicted molar refractivity (Wildman–Crippen MR) is 49.9 cm³/mol. The van der Waals surface area contributed by atoms with Crippen molar-refractivity contribution < 1.29 is 4.74 Å². The van der Waals surface area contributed by atoms with Gasteiger partial charge in [0, 0.05) is 12.5 Å². The number of hydrogen-bond donors (Lipinski definition) is 1. The van der Waals surface area contributed by atoms with E-state index < -0.39 is 0 Å². The highest BCUT2D eigenvalue weighted by Gasteiger charge is 2.20. The third kappa shape index (κ3) is 1.17. The fraction of sp³-hybridized carbons (Fsp3) is 0.444. The molecule has 0 radical (unpaired) electrons. The van der Waals surface area contributed by atoms with Gasteiger partial charge in [0.2, 0.25) is 0 Å². The van der Waals surface area contributed by atoms with E-state index in [2.05, 4.69) is 19.9 Å². The summed E-state index contributed by atoms with van der Waals surface area (Å²) in [6.07, 6.45) is 4.42. The number of hydrogen-bond acceptors (Lipinski definition) is 4. The molecule has 3 heterocycles. The smallest absolute Gasteiger partial charge is 0.180 e. The Bertz CT molecular complexity index is 447. The Morgan fingerprint density at radius 1 is 1.43 bits per heavy atom. The van der Waals surface area contributed by atoms with Gasteiger partial charge >= 0.3 is 0 Å². The molecule has 0 amide bonds. The highest BCUT2D eigenvalue weighted by Crippen LogP contribution is 2.22. The van der Waals surface area contributed by atoms with Gasteiger partial charge < -0.3 is 9.72 Å². The van der Waals surface area contributed by atoms with Crippen LogP contribution in [0.1, 0.15) is 18.2 Å². The van der Waals surface area contributed by atoms with Gasteiger partial charge in [-0.2, -0.15) is 0 Å². The Labute approximate surface area is 80.5 Å². The lowest BCUT2D eigenvalue weighted by Gasteiger charge is -2.03. The normalized spacial score (nSPS) is 21.9. The molecule has 1 atom stereocenters. The van der Waals surface area contributed by atoms with Gasteiger partial charge in [-0.05, 0) is 6.42 Å². The molecular formula is C9H10N4O. The highest BCUT2D eigenvalue weighted by molar-refractivity contribution is 5.68. The molecule has 1 aliphatic rings. The molecule has 0 saturated carbocycles. The van der Waals surface area contributed by atoms with Crippen LogP contribution >= 0.6 is 0 Å². The summed E-state index contributed by atoms with van der Waals surface area (Å²) in [6, 6.07) is 0. The van der Waals surface area contributed by atoms with Crippen LogP contribution in [0.25, 0.3) is 11.2 Å². The number of rotatable bonds is 1. The van der Waals surface area contributed by atoms with Crippen molar-refractivity contribution in [1.29, 1.82) is 0 Å². The van der Waals surface area contributed by atoms with Crippen LogP contribution in [-0.4, -0.2) is 33.1 Å². The third-order valence-corrected chi connectivity index (χ3v) is 2.49. The van der Waals surface area contributed by atoms with Crippen LogP contribution in [0, 0.1) is 0 Å². The van der Waals surface area contributed by atoms with Crippen molar-refractivity contribution in [3.63, 3.8) is 0 Å². The Morgan fingerprint density at radius 2 is 2.43 bits per heavy atom. The SMILES string of the molecule is c1nc2nc(C3CCOC3)ncc2[nH]1. The minimum absolute atomic E-state index is 0.344. The first kappa shape index (κ1) is 7.87. The quantitative estimate of drug-likeness (QED) is 0.724. The lowest BCUT2D eigenvalue weighted by molar-refractivity contribution is 0.193. The zero-order chi connectivity index (χ0) is 9.38. The number of imidazole rings is 1. The molecular weight excluding hydrogens is 180 g/mol. The summed E-state index contributed by atoms with van der Waals surface area (Å²) in [5.74, 6) is 1.19. The molecule has 3 rings (SSSR count). The van der Waals surface area contributed by atoms with Crippen molar-refractivity contribution in [3.05, 3.63) is 18.3 Å². The fourth-order valence-electron chi connectivity index (χ4n) is 1.68. The number of H-pyrrole nitrogens is 1. The molecule has 0 aliphatic carbocycles. The van der Waals surface area contributed by atoms with E-state index in [9.17, 15) is 0 Å². The molecule has 0 spiro atoms. The molecule has 72 valence electrons. The lowest BCUT2D eigenvalue weighted by Crippen LogP contribution is -2.03. The molecule has 2 aromatic heterocycles. The number of aromatic nitrogens is 4. The second kappa shape index (κ2) is 3.02. The van der Waals surface area contributed by atoms with Crippen molar-refractivity contribution in [3.8, 4) is 0 Å². The maximum absolute atomic E-state index is 5.30. The largest absolute Gasteiger partial charge is 0.381 e. The van der Waals surface area contributed by atoms with Crippen molar-refractivity contribution >= 4 is 11.2 Å². The summed E-state index contributed by atoms with van der Waals surface area (Å²) >= 11 is 0. The fourth-order valence-corrected chi connectivity index (χ4v) is 1.68. The number of fused-ring (bicyclic) bond motifs is 1. The summed E-state index contributed by atoms with van der Waals surface area (Å²) in [6.45, 7) is 1.54. The molecule has 0 bridgehead atoms. The van der Waals surface area contributed by atoms with Crippen LogP contribution in [-0.2, 0) is 4.74 Å². The van der Waals surface area contributed by atoms with Gasteiger partial charge in [-0.15, -0.1) is 0 Å². The average Bonchev–Trinajstić information content (AvgIpc) is 2.88. The van der Waals surface area contributed by atoms with E-state index in [1.54, 1.807) is 12.5 Å². The summed E-state index contributed by atoms with van der Waals surface area (Å²) in [7, 11) is 0. The van der Waals surface area contributed by atoms with Crippen LogP contribution < -0.4 is 0 Å². The minimum Gasteiger partial charge on any atom is -0.381 e. The van der Waals surface area contributed by atoms with Crippen molar-refractivity contribution in [2.24, 2.45) is 0 Å². The van der Waals surface area contributed by atoms with Crippen LogP contribution in [0.4, 0.5) is 0 Å². The Hall–Kier alpha value is -1.49. The Kier molecular flexibility index (Phi) is 1.70. The summed E-state index contributed by atoms with van der Waals surface area (Å²) in [5, 5.41) is 0. The van der Waals surface area contributed by atoms with Crippen LogP contribution in [0.5, 0.6) is 0 Å². The van der Waals surface area contributed by atoms with E-state index in [0.717, 1.165) is 36.6 Å². The molecule has 14 heavy (non-hydrogen) atoms. The van der Waals surface area contributed by atoms with Crippen molar-refractivity contribution in [2.45, 2.75) is 12.3 Å². The first-order chi connectivity index (χ1) is 6.93. The van der Waals surface area contributed by atoms with Crippen molar-refractivity contribution in [2.75, 3.05) is 13.2 Å². The molecule has 1 fully saturated rings. The number of nitrogens with one attached hydrogen (secondary N) is 1. The minimum atomic E-state index is 0.344.